The maximum Gasteiger partial charge on any atom is 0.416 e. The Kier molecular flexibility index (Phi) is 7.32. The van der Waals surface area contributed by atoms with E-state index in [1.54, 1.807) is 42.6 Å². The first-order valence-electron chi connectivity index (χ1n) is 10.0. The van der Waals surface area contributed by atoms with E-state index in [0.29, 0.717) is 22.6 Å². The van der Waals surface area contributed by atoms with Gasteiger partial charge in [0.2, 0.25) is 0 Å². The Balaban J connectivity index is 1.59. The molecule has 0 saturated heterocycles. The fraction of sp³-hybridized carbons (Fsp3) is 0.208. The van der Waals surface area contributed by atoms with Crippen LogP contribution in [0.25, 0.3) is 11.3 Å². The van der Waals surface area contributed by atoms with E-state index in [-0.39, 0.29) is 25.0 Å². The molecule has 0 spiro atoms. The third kappa shape index (κ3) is 6.55. The van der Waals surface area contributed by atoms with E-state index >= 15 is 0 Å². The second kappa shape index (κ2) is 10.2. The van der Waals surface area contributed by atoms with Crippen molar-refractivity contribution in [1.82, 2.24) is 10.3 Å². The van der Waals surface area contributed by atoms with Gasteiger partial charge in [0.15, 0.2) is 0 Å². The van der Waals surface area contributed by atoms with Gasteiger partial charge in [-0.2, -0.15) is 13.2 Å². The molecule has 2 aromatic carbocycles. The molecule has 0 saturated carbocycles. The zero-order chi connectivity index (χ0) is 24.0. The molecule has 1 heterocycles. The zero-order valence-corrected chi connectivity index (χ0v) is 17.6. The van der Waals surface area contributed by atoms with Crippen molar-refractivity contribution in [2.24, 2.45) is 0 Å². The quantitative estimate of drug-likeness (QED) is 0.490. The van der Waals surface area contributed by atoms with Crippen LogP contribution in [0.4, 0.5) is 13.2 Å². The first-order valence-corrected chi connectivity index (χ1v) is 10.0. The van der Waals surface area contributed by atoms with Crippen molar-refractivity contribution in [3.05, 3.63) is 83.6 Å². The van der Waals surface area contributed by atoms with Crippen LogP contribution >= 0.6 is 0 Å². The number of benzene rings is 2. The number of amides is 1. The van der Waals surface area contributed by atoms with E-state index in [1.165, 1.54) is 12.1 Å². The summed E-state index contributed by atoms with van der Waals surface area (Å²) < 4.78 is 44.0. The summed E-state index contributed by atoms with van der Waals surface area (Å²) in [5, 5.41) is 11.1. The van der Waals surface area contributed by atoms with Gasteiger partial charge in [0.1, 0.15) is 11.9 Å². The number of carboxylic acid groups (broad SMARTS) is 1. The number of ether oxygens (including phenoxy) is 1. The van der Waals surface area contributed by atoms with Crippen molar-refractivity contribution in [1.29, 1.82) is 0 Å². The molecule has 0 aliphatic rings. The molecule has 0 aliphatic heterocycles. The molecule has 9 heteroatoms. The number of halogens is 3. The van der Waals surface area contributed by atoms with Crippen molar-refractivity contribution in [2.45, 2.75) is 25.6 Å². The molecule has 0 radical (unpaired) electrons. The van der Waals surface area contributed by atoms with E-state index in [4.69, 9.17) is 9.84 Å². The van der Waals surface area contributed by atoms with Crippen LogP contribution in [0.3, 0.4) is 0 Å². The summed E-state index contributed by atoms with van der Waals surface area (Å²) in [6.07, 6.45) is -3.31. The van der Waals surface area contributed by atoms with Gasteiger partial charge in [-0.15, -0.1) is 0 Å². The third-order valence-electron chi connectivity index (χ3n) is 4.82. The molecule has 33 heavy (non-hydrogen) atoms. The average Bonchev–Trinajstić information content (AvgIpc) is 2.79. The number of rotatable bonds is 8. The number of aromatic nitrogens is 1. The van der Waals surface area contributed by atoms with Crippen LogP contribution in [-0.4, -0.2) is 28.5 Å². The fourth-order valence-electron chi connectivity index (χ4n) is 2.99. The molecule has 172 valence electrons. The lowest BCUT2D eigenvalue weighted by Crippen LogP contribution is -2.25. The summed E-state index contributed by atoms with van der Waals surface area (Å²) in [5.74, 6) is -0.842. The molecule has 1 atom stereocenters. The number of hydrogen-bond acceptors (Lipinski definition) is 4. The van der Waals surface area contributed by atoms with Gasteiger partial charge in [0.05, 0.1) is 17.7 Å². The predicted octanol–water partition coefficient (Wildman–Crippen LogP) is 5.11. The summed E-state index contributed by atoms with van der Waals surface area (Å²) in [5.41, 5.74) is 1.54. The Morgan fingerprint density at radius 3 is 2.24 bits per heavy atom. The van der Waals surface area contributed by atoms with Gasteiger partial charge in [-0.25, -0.2) is 0 Å². The van der Waals surface area contributed by atoms with Crippen LogP contribution in [0, 0.1) is 0 Å². The largest absolute Gasteiger partial charge is 0.486 e. The number of alkyl halides is 3. The minimum Gasteiger partial charge on any atom is -0.486 e. The Morgan fingerprint density at radius 2 is 1.70 bits per heavy atom. The smallest absolute Gasteiger partial charge is 0.416 e. The number of hydrogen-bond donors (Lipinski definition) is 2. The summed E-state index contributed by atoms with van der Waals surface area (Å²) in [6.45, 7) is 1.86. The van der Waals surface area contributed by atoms with Crippen LogP contribution in [0.1, 0.15) is 40.9 Å². The van der Waals surface area contributed by atoms with Crippen LogP contribution in [-0.2, 0) is 11.0 Å². The predicted molar refractivity (Wildman–Crippen MR) is 115 cm³/mol. The summed E-state index contributed by atoms with van der Waals surface area (Å²) in [7, 11) is 0. The van der Waals surface area contributed by atoms with Crippen LogP contribution < -0.4 is 10.1 Å². The fourth-order valence-corrected chi connectivity index (χ4v) is 2.99. The first kappa shape index (κ1) is 23.8. The molecule has 0 aliphatic carbocycles. The maximum absolute atomic E-state index is 12.7. The lowest BCUT2D eigenvalue weighted by atomic mass is 10.1. The van der Waals surface area contributed by atoms with Crippen molar-refractivity contribution < 1.29 is 32.6 Å². The maximum atomic E-state index is 12.7. The second-order valence-corrected chi connectivity index (χ2v) is 7.24. The number of carboxylic acids is 1. The molecule has 2 N–H and O–H groups in total. The van der Waals surface area contributed by atoms with Gasteiger partial charge < -0.3 is 15.2 Å². The molecule has 3 aromatic rings. The molecule has 0 fully saturated rings. The number of carbonyl (C=O) groups is 2. The van der Waals surface area contributed by atoms with E-state index in [2.05, 4.69) is 10.3 Å². The van der Waals surface area contributed by atoms with Crippen molar-refractivity contribution in [3.8, 4) is 17.0 Å². The Morgan fingerprint density at radius 1 is 1.03 bits per heavy atom. The van der Waals surface area contributed by atoms with Crippen LogP contribution in [0.15, 0.2) is 66.9 Å². The third-order valence-corrected chi connectivity index (χ3v) is 4.82. The lowest BCUT2D eigenvalue weighted by molar-refractivity contribution is -0.138. The van der Waals surface area contributed by atoms with Crippen LogP contribution in [0.5, 0.6) is 5.75 Å². The van der Waals surface area contributed by atoms with Crippen molar-refractivity contribution in [2.75, 3.05) is 6.54 Å². The molecular formula is C24H21F3N2O4. The van der Waals surface area contributed by atoms with Gasteiger partial charge in [-0.1, -0.05) is 18.2 Å². The van der Waals surface area contributed by atoms with Crippen molar-refractivity contribution in [3.63, 3.8) is 0 Å². The number of nitrogens with one attached hydrogen (secondary N) is 1. The number of nitrogens with zero attached hydrogens (tertiary/aromatic N) is 1. The number of aliphatic carboxylic acids is 1. The van der Waals surface area contributed by atoms with E-state index in [9.17, 15) is 22.8 Å². The number of pyridine rings is 1. The van der Waals surface area contributed by atoms with Crippen LogP contribution in [0.2, 0.25) is 0 Å². The van der Waals surface area contributed by atoms with E-state index in [1.807, 2.05) is 6.92 Å². The highest BCUT2D eigenvalue weighted by Crippen LogP contribution is 2.31. The highest BCUT2D eigenvalue weighted by atomic mass is 19.4. The molecule has 1 aromatic heterocycles. The molecular weight excluding hydrogens is 437 g/mol. The monoisotopic (exact) mass is 458 g/mol. The lowest BCUT2D eigenvalue weighted by Gasteiger charge is -2.15. The molecule has 1 amide bonds. The highest BCUT2D eigenvalue weighted by Gasteiger charge is 2.30. The number of carbonyl (C=O) groups excluding carboxylic acids is 1. The van der Waals surface area contributed by atoms with E-state index in [0.717, 1.165) is 17.7 Å². The molecule has 0 bridgehead atoms. The minimum absolute atomic E-state index is 0.0406. The average molecular weight is 458 g/mol. The zero-order valence-electron chi connectivity index (χ0n) is 17.6. The topological polar surface area (TPSA) is 88.5 Å². The Bertz CT molecular complexity index is 1100. The summed E-state index contributed by atoms with van der Waals surface area (Å²) in [4.78, 5) is 26.8. The highest BCUT2D eigenvalue weighted by molar-refractivity contribution is 5.94. The van der Waals surface area contributed by atoms with Gasteiger partial charge in [0.25, 0.3) is 5.91 Å². The SMILES string of the molecule is CC(Oc1ccc(C(=O)NCCC(=O)O)cc1)c1ccc(-c2ccc(C(F)(F)F)cc2)nc1. The van der Waals surface area contributed by atoms with Gasteiger partial charge >= 0.3 is 12.1 Å². The minimum atomic E-state index is -4.38. The van der Waals surface area contributed by atoms with Gasteiger partial charge in [-0.05, 0) is 49.4 Å². The van der Waals surface area contributed by atoms with Gasteiger partial charge in [-0.3, -0.25) is 14.6 Å². The summed E-state index contributed by atoms with van der Waals surface area (Å²) in [6, 6.07) is 14.7. The first-order chi connectivity index (χ1) is 15.6. The van der Waals surface area contributed by atoms with E-state index < -0.39 is 17.7 Å². The second-order valence-electron chi connectivity index (χ2n) is 7.24. The molecule has 6 nitrogen and oxygen atoms in total. The van der Waals surface area contributed by atoms with Crippen molar-refractivity contribution >= 4 is 11.9 Å². The summed E-state index contributed by atoms with van der Waals surface area (Å²) >= 11 is 0. The van der Waals surface area contributed by atoms with Gasteiger partial charge in [0, 0.05) is 29.4 Å². The Labute approximate surface area is 188 Å². The molecule has 3 rings (SSSR count). The normalized spacial score (nSPS) is 12.1. The Hall–Kier alpha value is -3.88. The molecule has 1 unspecified atom stereocenters. The standard InChI is InChI=1S/C24H21F3N2O4/c1-15(33-20-9-4-17(5-10-20)23(32)28-13-12-22(30)31)18-6-11-21(29-14-18)16-2-7-19(8-3-16)24(25,26)27/h2-11,14-15H,12-13H2,1H3,(H,28,32)(H,30,31).